The van der Waals surface area contributed by atoms with Crippen molar-refractivity contribution in [3.05, 3.63) is 34.4 Å². The highest BCUT2D eigenvalue weighted by Crippen LogP contribution is 2.24. The van der Waals surface area contributed by atoms with Crippen LogP contribution in [0.4, 0.5) is 0 Å². The lowest BCUT2D eigenvalue weighted by Gasteiger charge is -2.23. The summed E-state index contributed by atoms with van der Waals surface area (Å²) in [6, 6.07) is 4.56. The summed E-state index contributed by atoms with van der Waals surface area (Å²) in [6.07, 6.45) is 3.98. The van der Waals surface area contributed by atoms with Gasteiger partial charge in [-0.1, -0.05) is 17.7 Å². The fraction of sp³-hybridized carbons (Fsp3) is 0.632. The van der Waals surface area contributed by atoms with Gasteiger partial charge in [-0.2, -0.15) is 0 Å². The van der Waals surface area contributed by atoms with Gasteiger partial charge in [-0.05, 0) is 75.7 Å². The first kappa shape index (κ1) is 17.0. The fourth-order valence-corrected chi connectivity index (χ4v) is 3.59. The van der Waals surface area contributed by atoms with E-state index in [9.17, 15) is 4.79 Å². The smallest absolute Gasteiger partial charge is 0.305 e. The van der Waals surface area contributed by atoms with Crippen LogP contribution in [0.5, 0.6) is 0 Å². The van der Waals surface area contributed by atoms with Crippen LogP contribution in [0.3, 0.4) is 0 Å². The van der Waals surface area contributed by atoms with Gasteiger partial charge in [-0.25, -0.2) is 0 Å². The molecule has 1 unspecified atom stereocenters. The summed E-state index contributed by atoms with van der Waals surface area (Å²) in [7, 11) is 1.48. The Bertz CT molecular complexity index is 501. The van der Waals surface area contributed by atoms with E-state index in [1.165, 1.54) is 35.8 Å². The molecule has 1 aromatic carbocycles. The fourth-order valence-electron chi connectivity index (χ4n) is 3.59. The molecule has 2 rings (SSSR count). The maximum Gasteiger partial charge on any atom is 0.305 e. The predicted molar refractivity (Wildman–Crippen MR) is 89.9 cm³/mol. The lowest BCUT2D eigenvalue weighted by Crippen LogP contribution is -2.25. The van der Waals surface area contributed by atoms with Crippen molar-refractivity contribution in [2.45, 2.75) is 53.0 Å². The second-order valence-corrected chi connectivity index (χ2v) is 6.73. The van der Waals surface area contributed by atoms with E-state index < -0.39 is 0 Å². The molecule has 1 heterocycles. The van der Waals surface area contributed by atoms with Crippen molar-refractivity contribution in [2.24, 2.45) is 5.92 Å². The van der Waals surface area contributed by atoms with Crippen LogP contribution in [0.15, 0.2) is 12.1 Å². The zero-order valence-electron chi connectivity index (χ0n) is 14.4. The number of carbonyl (C=O) groups excluding carboxylic acids is 1. The molecule has 1 aliphatic heterocycles. The van der Waals surface area contributed by atoms with Crippen molar-refractivity contribution in [3.8, 4) is 0 Å². The van der Waals surface area contributed by atoms with E-state index in [1.807, 2.05) is 0 Å². The van der Waals surface area contributed by atoms with Gasteiger partial charge in [0.2, 0.25) is 0 Å². The number of aryl methyl sites for hydroxylation is 3. The molecule has 0 bridgehead atoms. The van der Waals surface area contributed by atoms with Crippen LogP contribution in [-0.4, -0.2) is 31.1 Å². The number of ether oxygens (including phenoxy) is 1. The molecule has 0 radical (unpaired) electrons. The number of benzene rings is 1. The van der Waals surface area contributed by atoms with Gasteiger partial charge < -0.3 is 4.74 Å². The van der Waals surface area contributed by atoms with Crippen molar-refractivity contribution < 1.29 is 9.53 Å². The Labute approximate surface area is 134 Å². The number of rotatable bonds is 4. The van der Waals surface area contributed by atoms with Gasteiger partial charge in [-0.3, -0.25) is 9.69 Å². The van der Waals surface area contributed by atoms with E-state index in [0.717, 1.165) is 32.5 Å². The van der Waals surface area contributed by atoms with Crippen LogP contribution < -0.4 is 0 Å². The highest BCUT2D eigenvalue weighted by Gasteiger charge is 2.20. The monoisotopic (exact) mass is 303 g/mol. The number of carbonyl (C=O) groups is 1. The summed E-state index contributed by atoms with van der Waals surface area (Å²) in [6.45, 7) is 9.83. The summed E-state index contributed by atoms with van der Waals surface area (Å²) >= 11 is 0. The molecular weight excluding hydrogens is 274 g/mol. The zero-order chi connectivity index (χ0) is 16.1. The third-order valence-electron chi connectivity index (χ3n) is 4.85. The summed E-state index contributed by atoms with van der Waals surface area (Å²) in [4.78, 5) is 14.0. The zero-order valence-corrected chi connectivity index (χ0v) is 14.4. The van der Waals surface area contributed by atoms with Crippen molar-refractivity contribution >= 4 is 5.97 Å². The first-order valence-electron chi connectivity index (χ1n) is 8.35. The molecule has 3 heteroatoms. The highest BCUT2D eigenvalue weighted by molar-refractivity contribution is 5.69. The molecule has 1 aliphatic rings. The normalized spacial score (nSPS) is 19.7. The SMILES string of the molecule is COC(=O)CC1CCCN(Cc2c(C)cc(C)cc2C)CC1. The van der Waals surface area contributed by atoms with Gasteiger partial charge in [-0.15, -0.1) is 0 Å². The van der Waals surface area contributed by atoms with E-state index >= 15 is 0 Å². The Kier molecular flexibility index (Phi) is 6.01. The van der Waals surface area contributed by atoms with Gasteiger partial charge >= 0.3 is 5.97 Å². The number of hydrogen-bond acceptors (Lipinski definition) is 3. The summed E-state index contributed by atoms with van der Waals surface area (Å²) in [5, 5.41) is 0. The van der Waals surface area contributed by atoms with E-state index in [0.29, 0.717) is 12.3 Å². The molecule has 1 atom stereocenters. The maximum atomic E-state index is 11.5. The number of hydrogen-bond donors (Lipinski definition) is 0. The van der Waals surface area contributed by atoms with Crippen LogP contribution in [-0.2, 0) is 16.1 Å². The van der Waals surface area contributed by atoms with Gasteiger partial charge in [0.15, 0.2) is 0 Å². The summed E-state index contributed by atoms with van der Waals surface area (Å²) in [5.41, 5.74) is 5.60. The molecule has 0 spiro atoms. The van der Waals surface area contributed by atoms with Crippen LogP contribution in [0.25, 0.3) is 0 Å². The molecule has 0 saturated carbocycles. The average molecular weight is 303 g/mol. The molecule has 0 amide bonds. The first-order chi connectivity index (χ1) is 10.5. The first-order valence-corrected chi connectivity index (χ1v) is 8.35. The molecule has 3 nitrogen and oxygen atoms in total. The number of esters is 1. The number of nitrogens with zero attached hydrogens (tertiary/aromatic N) is 1. The largest absolute Gasteiger partial charge is 0.469 e. The lowest BCUT2D eigenvalue weighted by atomic mass is 9.97. The van der Waals surface area contributed by atoms with Gasteiger partial charge in [0.25, 0.3) is 0 Å². The molecule has 1 saturated heterocycles. The van der Waals surface area contributed by atoms with E-state index in [2.05, 4.69) is 37.8 Å². The van der Waals surface area contributed by atoms with E-state index in [4.69, 9.17) is 4.74 Å². The van der Waals surface area contributed by atoms with Crippen molar-refractivity contribution in [2.75, 3.05) is 20.2 Å². The molecular formula is C19H29NO2. The predicted octanol–water partition coefficient (Wildman–Crippen LogP) is 3.78. The highest BCUT2D eigenvalue weighted by atomic mass is 16.5. The van der Waals surface area contributed by atoms with Crippen LogP contribution in [0, 0.1) is 26.7 Å². The molecule has 1 fully saturated rings. The van der Waals surface area contributed by atoms with Crippen molar-refractivity contribution in [1.82, 2.24) is 4.90 Å². The Morgan fingerprint density at radius 1 is 1.18 bits per heavy atom. The minimum atomic E-state index is -0.0660. The standard InChI is InChI=1S/C19H29NO2/c1-14-10-15(2)18(16(3)11-14)13-20-8-5-6-17(7-9-20)12-19(21)22-4/h10-11,17H,5-9,12-13H2,1-4H3. The number of methoxy groups -OCH3 is 1. The van der Waals surface area contributed by atoms with Crippen LogP contribution >= 0.6 is 0 Å². The molecule has 0 N–H and O–H groups in total. The van der Waals surface area contributed by atoms with E-state index in [-0.39, 0.29) is 5.97 Å². The Hall–Kier alpha value is -1.35. The van der Waals surface area contributed by atoms with Crippen LogP contribution in [0.1, 0.15) is 47.9 Å². The third kappa shape index (κ3) is 4.57. The topological polar surface area (TPSA) is 29.5 Å². The average Bonchev–Trinajstić information content (AvgIpc) is 2.68. The minimum Gasteiger partial charge on any atom is -0.469 e. The van der Waals surface area contributed by atoms with Gasteiger partial charge in [0.1, 0.15) is 0 Å². The molecule has 122 valence electrons. The van der Waals surface area contributed by atoms with Crippen LogP contribution in [0.2, 0.25) is 0 Å². The molecule has 0 aliphatic carbocycles. The second kappa shape index (κ2) is 7.77. The van der Waals surface area contributed by atoms with Gasteiger partial charge in [0, 0.05) is 13.0 Å². The summed E-state index contributed by atoms with van der Waals surface area (Å²) < 4.78 is 4.81. The molecule has 1 aromatic rings. The molecule has 0 aromatic heterocycles. The Balaban J connectivity index is 1.96. The third-order valence-corrected chi connectivity index (χ3v) is 4.85. The lowest BCUT2D eigenvalue weighted by molar-refractivity contribution is -0.141. The summed E-state index contributed by atoms with van der Waals surface area (Å²) in [5.74, 6) is 0.418. The second-order valence-electron chi connectivity index (χ2n) is 6.73. The van der Waals surface area contributed by atoms with Gasteiger partial charge in [0.05, 0.1) is 7.11 Å². The number of likely N-dealkylation sites (tertiary alicyclic amines) is 1. The quantitative estimate of drug-likeness (QED) is 0.793. The Morgan fingerprint density at radius 3 is 2.50 bits per heavy atom. The van der Waals surface area contributed by atoms with Crippen molar-refractivity contribution in [3.63, 3.8) is 0 Å². The minimum absolute atomic E-state index is 0.0660. The maximum absolute atomic E-state index is 11.5. The van der Waals surface area contributed by atoms with E-state index in [1.54, 1.807) is 0 Å². The Morgan fingerprint density at radius 2 is 1.86 bits per heavy atom. The molecule has 22 heavy (non-hydrogen) atoms. The van der Waals surface area contributed by atoms with Crippen molar-refractivity contribution in [1.29, 1.82) is 0 Å².